The Kier molecular flexibility index (Phi) is 3.86. The number of nitrogens with one attached hydrogen (secondary N) is 1. The molecule has 1 aliphatic rings. The molecule has 0 saturated carbocycles. The van der Waals surface area contributed by atoms with Crippen molar-refractivity contribution in [2.45, 2.75) is 19.1 Å². The fourth-order valence-electron chi connectivity index (χ4n) is 3.14. The van der Waals surface area contributed by atoms with E-state index in [4.69, 9.17) is 9.47 Å². The normalized spacial score (nSPS) is 19.0. The molecule has 0 unspecified atom stereocenters. The molecule has 2 atom stereocenters. The largest absolute Gasteiger partial charge is 0.497 e. The topological polar surface area (TPSA) is 47.6 Å². The SMILES string of the molecule is COc1ccc2c(c1)[C@H](NC(C)=O)[C@H](OC)c1ccccc1-2. The summed E-state index contributed by atoms with van der Waals surface area (Å²) in [7, 11) is 3.31. The molecule has 0 fully saturated rings. The monoisotopic (exact) mass is 297 g/mol. The van der Waals surface area contributed by atoms with E-state index >= 15 is 0 Å². The minimum absolute atomic E-state index is 0.0831. The van der Waals surface area contributed by atoms with Gasteiger partial charge in [-0.15, -0.1) is 0 Å². The molecule has 4 nitrogen and oxygen atoms in total. The molecule has 0 bridgehead atoms. The molecule has 1 N–H and O–H groups in total. The van der Waals surface area contributed by atoms with Crippen LogP contribution < -0.4 is 10.1 Å². The molecule has 2 aromatic rings. The quantitative estimate of drug-likeness (QED) is 0.946. The van der Waals surface area contributed by atoms with Crippen LogP contribution in [-0.4, -0.2) is 20.1 Å². The van der Waals surface area contributed by atoms with E-state index in [-0.39, 0.29) is 18.1 Å². The average molecular weight is 297 g/mol. The lowest BCUT2D eigenvalue weighted by Gasteiger charge is -2.35. The molecular formula is C18H19NO3. The molecule has 0 aromatic heterocycles. The first-order chi connectivity index (χ1) is 10.7. The van der Waals surface area contributed by atoms with Crippen molar-refractivity contribution in [3.8, 4) is 16.9 Å². The van der Waals surface area contributed by atoms with Crippen LogP contribution in [0.1, 0.15) is 30.2 Å². The number of carbonyl (C=O) groups is 1. The highest BCUT2D eigenvalue weighted by Gasteiger charge is 2.34. The summed E-state index contributed by atoms with van der Waals surface area (Å²) in [6, 6.07) is 13.8. The third-order valence-electron chi connectivity index (χ3n) is 4.07. The predicted molar refractivity (Wildman–Crippen MR) is 84.7 cm³/mol. The summed E-state index contributed by atoms with van der Waals surface area (Å²) >= 11 is 0. The smallest absolute Gasteiger partial charge is 0.217 e. The van der Waals surface area contributed by atoms with Crippen LogP contribution in [-0.2, 0) is 9.53 Å². The van der Waals surface area contributed by atoms with Crippen LogP contribution in [0.3, 0.4) is 0 Å². The number of fused-ring (bicyclic) bond motifs is 3. The summed E-state index contributed by atoms with van der Waals surface area (Å²) in [5.41, 5.74) is 4.33. The zero-order valence-corrected chi connectivity index (χ0v) is 12.9. The predicted octanol–water partition coefficient (Wildman–Crippen LogP) is 3.24. The number of methoxy groups -OCH3 is 2. The molecule has 2 aromatic carbocycles. The third kappa shape index (κ3) is 2.35. The molecule has 3 rings (SSSR count). The number of rotatable bonds is 3. The first kappa shape index (κ1) is 14.6. The van der Waals surface area contributed by atoms with Crippen LogP contribution >= 0.6 is 0 Å². The zero-order valence-electron chi connectivity index (χ0n) is 12.9. The fourth-order valence-corrected chi connectivity index (χ4v) is 3.14. The standard InChI is InChI=1S/C18H19NO3/c1-11(20)19-17-16-10-12(21-2)8-9-14(16)13-6-4-5-7-15(13)18(17)22-3/h4-10,17-18H,1-3H3,(H,19,20)/t17-,18+/m0/s1. The lowest BCUT2D eigenvalue weighted by molar-refractivity contribution is -0.120. The third-order valence-corrected chi connectivity index (χ3v) is 4.07. The zero-order chi connectivity index (χ0) is 15.7. The molecule has 1 aliphatic carbocycles. The van der Waals surface area contributed by atoms with E-state index in [2.05, 4.69) is 11.4 Å². The molecule has 0 heterocycles. The van der Waals surface area contributed by atoms with Gasteiger partial charge in [0.2, 0.25) is 5.91 Å². The highest BCUT2D eigenvalue weighted by atomic mass is 16.5. The van der Waals surface area contributed by atoms with Crippen molar-refractivity contribution in [1.82, 2.24) is 5.32 Å². The van der Waals surface area contributed by atoms with Crippen molar-refractivity contribution in [3.05, 3.63) is 53.6 Å². The Morgan fingerprint density at radius 3 is 2.45 bits per heavy atom. The number of benzene rings is 2. The van der Waals surface area contributed by atoms with Gasteiger partial charge in [0.15, 0.2) is 0 Å². The van der Waals surface area contributed by atoms with E-state index in [0.29, 0.717) is 0 Å². The molecule has 114 valence electrons. The molecule has 22 heavy (non-hydrogen) atoms. The molecule has 0 saturated heterocycles. The van der Waals surface area contributed by atoms with Crippen LogP contribution in [0.2, 0.25) is 0 Å². The highest BCUT2D eigenvalue weighted by Crippen LogP contribution is 2.46. The van der Waals surface area contributed by atoms with Gasteiger partial charge in [-0.05, 0) is 34.4 Å². The van der Waals surface area contributed by atoms with Gasteiger partial charge in [0, 0.05) is 14.0 Å². The van der Waals surface area contributed by atoms with Crippen molar-refractivity contribution in [2.75, 3.05) is 14.2 Å². The van der Waals surface area contributed by atoms with Gasteiger partial charge < -0.3 is 14.8 Å². The second-order valence-corrected chi connectivity index (χ2v) is 5.37. The van der Waals surface area contributed by atoms with Gasteiger partial charge in [0.1, 0.15) is 11.9 Å². The van der Waals surface area contributed by atoms with Gasteiger partial charge in [-0.25, -0.2) is 0 Å². The number of amides is 1. The Labute approximate surface area is 130 Å². The van der Waals surface area contributed by atoms with Gasteiger partial charge in [0.05, 0.1) is 13.2 Å². The van der Waals surface area contributed by atoms with E-state index in [1.54, 1.807) is 14.2 Å². The first-order valence-electron chi connectivity index (χ1n) is 7.23. The summed E-state index contributed by atoms with van der Waals surface area (Å²) < 4.78 is 11.0. The molecule has 1 amide bonds. The van der Waals surface area contributed by atoms with Gasteiger partial charge in [-0.2, -0.15) is 0 Å². The number of carbonyl (C=O) groups excluding carboxylic acids is 1. The van der Waals surface area contributed by atoms with E-state index in [1.165, 1.54) is 6.92 Å². The maximum Gasteiger partial charge on any atom is 0.217 e. The van der Waals surface area contributed by atoms with Crippen molar-refractivity contribution in [3.63, 3.8) is 0 Å². The number of hydrogen-bond donors (Lipinski definition) is 1. The Hall–Kier alpha value is -2.33. The maximum atomic E-state index is 11.7. The van der Waals surface area contributed by atoms with E-state index in [1.807, 2.05) is 36.4 Å². The Morgan fingerprint density at radius 1 is 1.05 bits per heavy atom. The number of hydrogen-bond acceptors (Lipinski definition) is 3. The minimum atomic E-state index is -0.234. The second-order valence-electron chi connectivity index (χ2n) is 5.37. The first-order valence-corrected chi connectivity index (χ1v) is 7.23. The van der Waals surface area contributed by atoms with Crippen LogP contribution in [0.4, 0.5) is 0 Å². The lowest BCUT2D eigenvalue weighted by atomic mass is 9.80. The van der Waals surface area contributed by atoms with Gasteiger partial charge >= 0.3 is 0 Å². The van der Waals surface area contributed by atoms with Crippen molar-refractivity contribution in [1.29, 1.82) is 0 Å². The van der Waals surface area contributed by atoms with Crippen molar-refractivity contribution >= 4 is 5.91 Å². The van der Waals surface area contributed by atoms with Gasteiger partial charge in [-0.1, -0.05) is 30.3 Å². The second kappa shape index (κ2) is 5.81. The maximum absolute atomic E-state index is 11.7. The molecule has 0 aliphatic heterocycles. The highest BCUT2D eigenvalue weighted by molar-refractivity contribution is 5.79. The molecular weight excluding hydrogens is 278 g/mol. The summed E-state index contributed by atoms with van der Waals surface area (Å²) in [6.45, 7) is 1.52. The van der Waals surface area contributed by atoms with Crippen LogP contribution in [0.25, 0.3) is 11.1 Å². The van der Waals surface area contributed by atoms with E-state index in [0.717, 1.165) is 28.0 Å². The summed E-state index contributed by atoms with van der Waals surface area (Å²) in [5, 5.41) is 3.01. The van der Waals surface area contributed by atoms with Crippen LogP contribution in [0.15, 0.2) is 42.5 Å². The Morgan fingerprint density at radius 2 is 1.77 bits per heavy atom. The van der Waals surface area contributed by atoms with Gasteiger partial charge in [0.25, 0.3) is 0 Å². The molecule has 4 heteroatoms. The number of ether oxygens (including phenoxy) is 2. The Balaban J connectivity index is 2.22. The lowest BCUT2D eigenvalue weighted by Crippen LogP contribution is -2.34. The fraction of sp³-hybridized carbons (Fsp3) is 0.278. The van der Waals surface area contributed by atoms with Crippen LogP contribution in [0.5, 0.6) is 5.75 Å². The van der Waals surface area contributed by atoms with E-state index in [9.17, 15) is 4.79 Å². The van der Waals surface area contributed by atoms with Crippen LogP contribution in [0, 0.1) is 0 Å². The minimum Gasteiger partial charge on any atom is -0.497 e. The van der Waals surface area contributed by atoms with E-state index < -0.39 is 0 Å². The summed E-state index contributed by atoms with van der Waals surface area (Å²) in [4.78, 5) is 11.7. The van der Waals surface area contributed by atoms with Crippen molar-refractivity contribution in [2.24, 2.45) is 0 Å². The Bertz CT molecular complexity index is 711. The van der Waals surface area contributed by atoms with Gasteiger partial charge in [-0.3, -0.25) is 4.79 Å². The summed E-state index contributed by atoms with van der Waals surface area (Å²) in [5.74, 6) is 0.684. The molecule has 0 spiro atoms. The average Bonchev–Trinajstić information content (AvgIpc) is 2.54. The summed E-state index contributed by atoms with van der Waals surface area (Å²) in [6.07, 6.45) is -0.222. The molecule has 0 radical (unpaired) electrons. The van der Waals surface area contributed by atoms with Crippen molar-refractivity contribution < 1.29 is 14.3 Å².